The Bertz CT molecular complexity index is 1050. The lowest BCUT2D eigenvalue weighted by atomic mass is 10.1. The van der Waals surface area contributed by atoms with E-state index >= 15 is 0 Å². The molecule has 0 aliphatic carbocycles. The van der Waals surface area contributed by atoms with Crippen LogP contribution in [-0.2, 0) is 10.0 Å². The molecule has 0 radical (unpaired) electrons. The first kappa shape index (κ1) is 19.0. The lowest BCUT2D eigenvalue weighted by molar-refractivity contribution is 0.102. The van der Waals surface area contributed by atoms with Crippen LogP contribution in [0, 0.1) is 0 Å². The van der Waals surface area contributed by atoms with Gasteiger partial charge in [0, 0.05) is 30.4 Å². The third-order valence-corrected chi connectivity index (χ3v) is 6.40. The second-order valence-corrected chi connectivity index (χ2v) is 7.89. The molecule has 3 rings (SSSR count). The molecule has 1 N–H and O–H groups in total. The van der Waals surface area contributed by atoms with Gasteiger partial charge in [0.25, 0.3) is 5.91 Å². The highest BCUT2D eigenvalue weighted by Gasteiger charge is 2.21. The minimum Gasteiger partial charge on any atom is -0.322 e. The SMILES string of the molecule is CCN(CC)S(=O)(=O)c1ccc(NC(=O)c2cccc3cccnc23)cc1. The molecule has 0 unspecified atom stereocenters. The molecule has 0 saturated heterocycles. The molecule has 27 heavy (non-hydrogen) atoms. The molecule has 3 aromatic rings. The highest BCUT2D eigenvalue weighted by molar-refractivity contribution is 7.89. The van der Waals surface area contributed by atoms with Gasteiger partial charge in [0.2, 0.25) is 10.0 Å². The average Bonchev–Trinajstić information content (AvgIpc) is 2.68. The maximum absolute atomic E-state index is 12.6. The minimum atomic E-state index is -3.52. The normalized spacial score (nSPS) is 11.7. The Balaban J connectivity index is 1.83. The van der Waals surface area contributed by atoms with Crippen LogP contribution in [-0.4, -0.2) is 36.7 Å². The van der Waals surface area contributed by atoms with Crippen molar-refractivity contribution in [3.05, 3.63) is 66.4 Å². The van der Waals surface area contributed by atoms with Crippen molar-refractivity contribution in [1.29, 1.82) is 0 Å². The van der Waals surface area contributed by atoms with Gasteiger partial charge in [-0.3, -0.25) is 9.78 Å². The molecule has 2 aromatic carbocycles. The number of hydrogen-bond acceptors (Lipinski definition) is 4. The van der Waals surface area contributed by atoms with Crippen molar-refractivity contribution < 1.29 is 13.2 Å². The first-order chi connectivity index (χ1) is 13.0. The molecule has 0 atom stereocenters. The molecule has 1 aromatic heterocycles. The molecular formula is C20H21N3O3S. The number of nitrogens with zero attached hydrogens (tertiary/aromatic N) is 2. The van der Waals surface area contributed by atoms with Gasteiger partial charge in [-0.2, -0.15) is 4.31 Å². The Morgan fingerprint density at radius 2 is 1.67 bits per heavy atom. The number of sulfonamides is 1. The molecule has 140 valence electrons. The fraction of sp³-hybridized carbons (Fsp3) is 0.200. The zero-order valence-corrected chi connectivity index (χ0v) is 16.0. The van der Waals surface area contributed by atoms with Crippen LogP contribution in [0.5, 0.6) is 0 Å². The number of rotatable bonds is 6. The van der Waals surface area contributed by atoms with E-state index in [1.54, 1.807) is 44.3 Å². The Kier molecular flexibility index (Phi) is 5.53. The van der Waals surface area contributed by atoms with Crippen LogP contribution in [0.4, 0.5) is 5.69 Å². The third kappa shape index (κ3) is 3.84. The van der Waals surface area contributed by atoms with Crippen LogP contribution in [0.15, 0.2) is 65.7 Å². The number of benzene rings is 2. The Morgan fingerprint density at radius 1 is 1.00 bits per heavy atom. The number of nitrogens with one attached hydrogen (secondary N) is 1. The number of aromatic nitrogens is 1. The van der Waals surface area contributed by atoms with E-state index in [1.165, 1.54) is 16.4 Å². The standard InChI is InChI=1S/C20H21N3O3S/c1-3-23(4-2)27(25,26)17-12-10-16(11-13-17)22-20(24)18-9-5-7-15-8-6-14-21-19(15)18/h5-14H,3-4H2,1-2H3,(H,22,24). The van der Waals surface area contributed by atoms with Gasteiger partial charge in [0.15, 0.2) is 0 Å². The number of amides is 1. The zero-order chi connectivity index (χ0) is 19.4. The Labute approximate surface area is 158 Å². The number of anilines is 1. The van der Waals surface area contributed by atoms with Crippen LogP contribution < -0.4 is 5.32 Å². The minimum absolute atomic E-state index is 0.205. The highest BCUT2D eigenvalue weighted by Crippen LogP contribution is 2.20. The van der Waals surface area contributed by atoms with Gasteiger partial charge < -0.3 is 5.32 Å². The summed E-state index contributed by atoms with van der Waals surface area (Å²) >= 11 is 0. The van der Waals surface area contributed by atoms with Gasteiger partial charge in [-0.15, -0.1) is 0 Å². The molecule has 7 heteroatoms. The van der Waals surface area contributed by atoms with E-state index in [0.717, 1.165) is 5.39 Å². The van der Waals surface area contributed by atoms with E-state index in [2.05, 4.69) is 10.3 Å². The number of carbonyl (C=O) groups is 1. The van der Waals surface area contributed by atoms with Gasteiger partial charge in [-0.1, -0.05) is 32.0 Å². The summed E-state index contributed by atoms with van der Waals surface area (Å²) in [4.78, 5) is 17.1. The van der Waals surface area contributed by atoms with E-state index in [4.69, 9.17) is 0 Å². The number of fused-ring (bicyclic) bond motifs is 1. The maximum Gasteiger partial charge on any atom is 0.257 e. The van der Waals surface area contributed by atoms with Gasteiger partial charge in [-0.05, 0) is 36.4 Å². The molecule has 0 spiro atoms. The van der Waals surface area contributed by atoms with Crippen LogP contribution in [0.25, 0.3) is 10.9 Å². The zero-order valence-electron chi connectivity index (χ0n) is 15.2. The molecule has 0 aliphatic heterocycles. The molecular weight excluding hydrogens is 362 g/mol. The predicted molar refractivity (Wildman–Crippen MR) is 106 cm³/mol. The molecule has 1 heterocycles. The molecule has 0 fully saturated rings. The van der Waals surface area contributed by atoms with Crippen LogP contribution in [0.2, 0.25) is 0 Å². The van der Waals surface area contributed by atoms with E-state index in [-0.39, 0.29) is 10.8 Å². The first-order valence-electron chi connectivity index (χ1n) is 8.72. The van der Waals surface area contributed by atoms with Crippen molar-refractivity contribution >= 4 is 32.5 Å². The lowest BCUT2D eigenvalue weighted by Gasteiger charge is -2.18. The Hall–Kier alpha value is -2.77. The summed E-state index contributed by atoms with van der Waals surface area (Å²) < 4.78 is 26.4. The van der Waals surface area contributed by atoms with E-state index in [0.29, 0.717) is 29.9 Å². The summed E-state index contributed by atoms with van der Waals surface area (Å²) in [7, 11) is -3.52. The second kappa shape index (κ2) is 7.85. The van der Waals surface area contributed by atoms with Crippen molar-refractivity contribution in [3.63, 3.8) is 0 Å². The average molecular weight is 383 g/mol. The molecule has 1 amide bonds. The topological polar surface area (TPSA) is 79.4 Å². The van der Waals surface area contributed by atoms with Crippen molar-refractivity contribution in [2.24, 2.45) is 0 Å². The molecule has 0 bridgehead atoms. The van der Waals surface area contributed by atoms with Gasteiger partial charge in [-0.25, -0.2) is 8.42 Å². The third-order valence-electron chi connectivity index (χ3n) is 4.33. The van der Waals surface area contributed by atoms with E-state index in [1.807, 2.05) is 18.2 Å². The number of carbonyl (C=O) groups excluding carboxylic acids is 1. The van der Waals surface area contributed by atoms with Crippen molar-refractivity contribution in [2.75, 3.05) is 18.4 Å². The molecule has 0 saturated carbocycles. The fourth-order valence-corrected chi connectivity index (χ4v) is 4.37. The van der Waals surface area contributed by atoms with Crippen LogP contribution in [0.3, 0.4) is 0 Å². The fourth-order valence-electron chi connectivity index (χ4n) is 2.91. The summed E-state index contributed by atoms with van der Waals surface area (Å²) in [5.41, 5.74) is 1.61. The Morgan fingerprint density at radius 3 is 2.33 bits per heavy atom. The first-order valence-corrected chi connectivity index (χ1v) is 10.2. The van der Waals surface area contributed by atoms with Crippen LogP contribution in [0.1, 0.15) is 24.2 Å². The largest absolute Gasteiger partial charge is 0.322 e. The van der Waals surface area contributed by atoms with Gasteiger partial charge in [0.05, 0.1) is 16.0 Å². The summed E-state index contributed by atoms with van der Waals surface area (Å²) in [5, 5.41) is 3.68. The summed E-state index contributed by atoms with van der Waals surface area (Å²) in [6.45, 7) is 4.42. The smallest absolute Gasteiger partial charge is 0.257 e. The quantitative estimate of drug-likeness (QED) is 0.706. The molecule has 6 nitrogen and oxygen atoms in total. The second-order valence-electron chi connectivity index (χ2n) is 5.95. The van der Waals surface area contributed by atoms with Crippen molar-refractivity contribution in [1.82, 2.24) is 9.29 Å². The van der Waals surface area contributed by atoms with Gasteiger partial charge >= 0.3 is 0 Å². The number of para-hydroxylation sites is 1. The van der Waals surface area contributed by atoms with E-state index in [9.17, 15) is 13.2 Å². The summed E-state index contributed by atoms with van der Waals surface area (Å²) in [6.07, 6.45) is 1.64. The van der Waals surface area contributed by atoms with Gasteiger partial charge in [0.1, 0.15) is 0 Å². The van der Waals surface area contributed by atoms with Crippen molar-refractivity contribution in [3.8, 4) is 0 Å². The number of hydrogen-bond donors (Lipinski definition) is 1. The van der Waals surface area contributed by atoms with Crippen molar-refractivity contribution in [2.45, 2.75) is 18.7 Å². The predicted octanol–water partition coefficient (Wildman–Crippen LogP) is 3.52. The summed E-state index contributed by atoms with van der Waals surface area (Å²) in [6, 6.07) is 15.3. The van der Waals surface area contributed by atoms with E-state index < -0.39 is 10.0 Å². The lowest BCUT2D eigenvalue weighted by Crippen LogP contribution is -2.30. The highest BCUT2D eigenvalue weighted by atomic mass is 32.2. The maximum atomic E-state index is 12.6. The number of pyridine rings is 1. The summed E-state index contributed by atoms with van der Waals surface area (Å²) in [5.74, 6) is -0.293. The van der Waals surface area contributed by atoms with Crippen LogP contribution >= 0.6 is 0 Å². The monoisotopic (exact) mass is 383 g/mol. The molecule has 0 aliphatic rings.